The third-order valence-corrected chi connectivity index (χ3v) is 5.80. The molecule has 0 saturated carbocycles. The molecule has 0 spiro atoms. The Hall–Kier alpha value is -1.74. The molecule has 23 heavy (non-hydrogen) atoms. The van der Waals surface area contributed by atoms with E-state index in [-0.39, 0.29) is 0 Å². The zero-order chi connectivity index (χ0) is 15.9. The third kappa shape index (κ3) is 2.67. The first kappa shape index (κ1) is 14.8. The van der Waals surface area contributed by atoms with Crippen LogP contribution in [0.4, 0.5) is 5.69 Å². The number of allylic oxidation sites excluding steroid dienone is 4. The summed E-state index contributed by atoms with van der Waals surface area (Å²) in [5.41, 5.74) is 5.08. The molecular weight excluding hydrogens is 282 g/mol. The SMILES string of the molecule is Cc1c2c(cc[n+]1CCC[N+]1(C)CCCC1)C1C=CC=CC1=N2. The minimum Gasteiger partial charge on any atom is -0.326 e. The number of hydrogen-bond donors (Lipinski definition) is 0. The van der Waals surface area contributed by atoms with Crippen LogP contribution in [0.2, 0.25) is 0 Å². The summed E-state index contributed by atoms with van der Waals surface area (Å²) >= 11 is 0. The summed E-state index contributed by atoms with van der Waals surface area (Å²) in [6.45, 7) is 7.35. The van der Waals surface area contributed by atoms with Crippen LogP contribution >= 0.6 is 0 Å². The van der Waals surface area contributed by atoms with Gasteiger partial charge in [0.2, 0.25) is 5.69 Å². The van der Waals surface area contributed by atoms with Crippen molar-refractivity contribution >= 4 is 11.4 Å². The molecule has 120 valence electrons. The van der Waals surface area contributed by atoms with Crippen molar-refractivity contribution in [3.05, 3.63) is 47.8 Å². The summed E-state index contributed by atoms with van der Waals surface area (Å²) in [6, 6.07) is 2.28. The molecule has 1 aromatic heterocycles. The highest BCUT2D eigenvalue weighted by atomic mass is 15.3. The van der Waals surface area contributed by atoms with Gasteiger partial charge in [0.1, 0.15) is 5.69 Å². The van der Waals surface area contributed by atoms with Crippen LogP contribution in [0.5, 0.6) is 0 Å². The Balaban J connectivity index is 1.50. The lowest BCUT2D eigenvalue weighted by molar-refractivity contribution is -0.900. The van der Waals surface area contributed by atoms with E-state index >= 15 is 0 Å². The predicted octanol–water partition coefficient (Wildman–Crippen LogP) is 3.21. The fourth-order valence-corrected chi connectivity index (χ4v) is 4.32. The molecule has 0 N–H and O–H groups in total. The molecule has 1 aliphatic carbocycles. The van der Waals surface area contributed by atoms with Crippen molar-refractivity contribution in [3.63, 3.8) is 0 Å². The van der Waals surface area contributed by atoms with Crippen molar-refractivity contribution in [2.24, 2.45) is 4.99 Å². The van der Waals surface area contributed by atoms with E-state index in [2.05, 4.69) is 55.1 Å². The van der Waals surface area contributed by atoms with Gasteiger partial charge in [-0.3, -0.25) is 0 Å². The minimum absolute atomic E-state index is 0.373. The van der Waals surface area contributed by atoms with Crippen LogP contribution in [0.3, 0.4) is 0 Å². The Labute approximate surface area is 139 Å². The maximum Gasteiger partial charge on any atom is 0.204 e. The molecule has 3 nitrogen and oxygen atoms in total. The summed E-state index contributed by atoms with van der Waals surface area (Å²) in [5.74, 6) is 0.373. The molecule has 3 aliphatic rings. The van der Waals surface area contributed by atoms with Gasteiger partial charge in [-0.1, -0.05) is 18.2 Å². The number of nitrogens with zero attached hydrogens (tertiary/aromatic N) is 3. The highest BCUT2D eigenvalue weighted by Gasteiger charge is 2.30. The van der Waals surface area contributed by atoms with Gasteiger partial charge in [0.05, 0.1) is 38.8 Å². The lowest BCUT2D eigenvalue weighted by atomic mass is 9.93. The number of quaternary nitrogens is 1. The van der Waals surface area contributed by atoms with Crippen molar-refractivity contribution in [1.82, 2.24) is 0 Å². The minimum atomic E-state index is 0.373. The van der Waals surface area contributed by atoms with E-state index < -0.39 is 0 Å². The Morgan fingerprint density at radius 3 is 2.91 bits per heavy atom. The van der Waals surface area contributed by atoms with Gasteiger partial charge in [-0.2, -0.15) is 0 Å². The number of pyridine rings is 1. The van der Waals surface area contributed by atoms with Gasteiger partial charge in [0.25, 0.3) is 0 Å². The quantitative estimate of drug-likeness (QED) is 0.600. The largest absolute Gasteiger partial charge is 0.326 e. The van der Waals surface area contributed by atoms with Gasteiger partial charge in [0.15, 0.2) is 12.7 Å². The van der Waals surface area contributed by atoms with E-state index in [1.165, 1.54) is 66.0 Å². The van der Waals surface area contributed by atoms with Gasteiger partial charge < -0.3 is 4.48 Å². The van der Waals surface area contributed by atoms with Crippen molar-refractivity contribution < 1.29 is 9.05 Å². The van der Waals surface area contributed by atoms with Crippen molar-refractivity contribution in [2.75, 3.05) is 26.7 Å². The van der Waals surface area contributed by atoms with Crippen molar-refractivity contribution in [1.29, 1.82) is 0 Å². The molecule has 3 heteroatoms. The molecule has 3 heterocycles. The molecule has 1 saturated heterocycles. The number of likely N-dealkylation sites (tertiary alicyclic amines) is 1. The summed E-state index contributed by atoms with van der Waals surface area (Å²) < 4.78 is 3.67. The smallest absolute Gasteiger partial charge is 0.204 e. The summed E-state index contributed by atoms with van der Waals surface area (Å²) in [4.78, 5) is 4.89. The molecular formula is C20H27N3+2. The second-order valence-electron chi connectivity index (χ2n) is 7.51. The van der Waals surface area contributed by atoms with Gasteiger partial charge >= 0.3 is 0 Å². The number of fused-ring (bicyclic) bond motifs is 3. The molecule has 0 bridgehead atoms. The first-order chi connectivity index (χ1) is 11.2. The zero-order valence-electron chi connectivity index (χ0n) is 14.3. The van der Waals surface area contributed by atoms with Gasteiger partial charge in [-0.05, 0) is 6.08 Å². The molecule has 1 aromatic rings. The van der Waals surface area contributed by atoms with E-state index in [1.807, 2.05) is 0 Å². The average molecular weight is 309 g/mol. The highest BCUT2D eigenvalue weighted by Crippen LogP contribution is 2.38. The van der Waals surface area contributed by atoms with Crippen LogP contribution in [0.15, 0.2) is 41.6 Å². The second kappa shape index (κ2) is 5.72. The van der Waals surface area contributed by atoms with Crippen molar-refractivity contribution in [2.45, 2.75) is 38.6 Å². The number of aromatic nitrogens is 1. The molecule has 0 aromatic carbocycles. The molecule has 1 fully saturated rings. The van der Waals surface area contributed by atoms with Gasteiger partial charge in [-0.25, -0.2) is 9.56 Å². The Morgan fingerprint density at radius 1 is 1.26 bits per heavy atom. The standard InChI is InChI=1S/C20H27N3/c1-16-20-18(17-8-3-4-9-19(17)21-20)10-12-22(16)11-7-15-23(2)13-5-6-14-23/h3-4,8-10,12,17H,5-7,11,13-15H2,1-2H3/q+2. The fourth-order valence-electron chi connectivity index (χ4n) is 4.32. The topological polar surface area (TPSA) is 16.2 Å². The molecule has 4 rings (SSSR count). The van der Waals surface area contributed by atoms with E-state index in [4.69, 9.17) is 4.99 Å². The average Bonchev–Trinajstić information content (AvgIpc) is 3.14. The van der Waals surface area contributed by atoms with Crippen LogP contribution < -0.4 is 4.57 Å². The number of rotatable bonds is 4. The van der Waals surface area contributed by atoms with E-state index in [9.17, 15) is 0 Å². The molecule has 1 unspecified atom stereocenters. The highest BCUT2D eigenvalue weighted by molar-refractivity contribution is 6.08. The monoisotopic (exact) mass is 309 g/mol. The number of hydrogen-bond acceptors (Lipinski definition) is 1. The summed E-state index contributed by atoms with van der Waals surface area (Å²) in [7, 11) is 2.42. The van der Waals surface area contributed by atoms with E-state index in [0.29, 0.717) is 5.92 Å². The molecule has 2 aliphatic heterocycles. The van der Waals surface area contributed by atoms with Crippen LogP contribution in [-0.4, -0.2) is 36.9 Å². The predicted molar refractivity (Wildman–Crippen MR) is 94.1 cm³/mol. The van der Waals surface area contributed by atoms with Crippen LogP contribution in [0.25, 0.3) is 0 Å². The lowest BCUT2D eigenvalue weighted by Crippen LogP contribution is -2.44. The summed E-state index contributed by atoms with van der Waals surface area (Å²) in [6.07, 6.45) is 15.0. The molecule has 1 atom stereocenters. The first-order valence-corrected chi connectivity index (χ1v) is 8.96. The van der Waals surface area contributed by atoms with Crippen LogP contribution in [-0.2, 0) is 6.54 Å². The molecule has 0 amide bonds. The number of aliphatic imine (C=N–C) groups is 1. The maximum atomic E-state index is 4.89. The number of aryl methyl sites for hydroxylation is 1. The lowest BCUT2D eigenvalue weighted by Gasteiger charge is -2.28. The van der Waals surface area contributed by atoms with Crippen LogP contribution in [0, 0.1) is 6.92 Å². The second-order valence-corrected chi connectivity index (χ2v) is 7.51. The maximum absolute atomic E-state index is 4.89. The fraction of sp³-hybridized carbons (Fsp3) is 0.500. The van der Waals surface area contributed by atoms with Gasteiger partial charge in [-0.15, -0.1) is 0 Å². The van der Waals surface area contributed by atoms with Crippen molar-refractivity contribution in [3.8, 4) is 0 Å². The van der Waals surface area contributed by atoms with Gasteiger partial charge in [0, 0.05) is 37.3 Å². The summed E-state index contributed by atoms with van der Waals surface area (Å²) in [5, 5.41) is 0. The Bertz CT molecular complexity index is 706. The van der Waals surface area contributed by atoms with E-state index in [0.717, 1.165) is 6.54 Å². The Kier molecular flexibility index (Phi) is 3.68. The molecule has 0 radical (unpaired) electrons. The Morgan fingerprint density at radius 2 is 2.09 bits per heavy atom. The van der Waals surface area contributed by atoms with Crippen LogP contribution in [0.1, 0.15) is 36.4 Å². The third-order valence-electron chi connectivity index (χ3n) is 5.80. The first-order valence-electron chi connectivity index (χ1n) is 8.96. The zero-order valence-corrected chi connectivity index (χ0v) is 14.3. The normalized spacial score (nSPS) is 23.7. The van der Waals surface area contributed by atoms with E-state index in [1.54, 1.807) is 0 Å².